The van der Waals surface area contributed by atoms with E-state index in [2.05, 4.69) is 43.4 Å². The molecule has 0 saturated heterocycles. The van der Waals surface area contributed by atoms with Gasteiger partial charge < -0.3 is 15.2 Å². The Hall–Kier alpha value is -2.32. The molecule has 0 spiro atoms. The minimum absolute atomic E-state index is 0.183. The number of halogens is 1. The fourth-order valence-corrected chi connectivity index (χ4v) is 4.40. The molecule has 1 atom stereocenters. The summed E-state index contributed by atoms with van der Waals surface area (Å²) in [5.74, 6) is 1.57. The summed E-state index contributed by atoms with van der Waals surface area (Å²) in [7, 11) is 0. The number of thioether (sulfide) groups is 1. The van der Waals surface area contributed by atoms with E-state index in [9.17, 15) is 5.11 Å². The first-order valence-electron chi connectivity index (χ1n) is 10.0. The van der Waals surface area contributed by atoms with Crippen molar-refractivity contribution in [3.63, 3.8) is 0 Å². The number of phenolic OH excluding ortho intramolecular Hbond substituents is 1. The van der Waals surface area contributed by atoms with Gasteiger partial charge in [0.2, 0.25) is 11.0 Å². The minimum Gasteiger partial charge on any atom is -0.508 e. The summed E-state index contributed by atoms with van der Waals surface area (Å²) in [6.45, 7) is 2.21. The van der Waals surface area contributed by atoms with Crippen LogP contribution < -0.4 is 10.1 Å². The number of ether oxygens (including phenoxy) is 1. The Morgan fingerprint density at radius 1 is 1.13 bits per heavy atom. The molecular formula is C22H23BrN4O2S. The van der Waals surface area contributed by atoms with Crippen molar-refractivity contribution in [2.24, 2.45) is 0 Å². The molecule has 2 aromatic carbocycles. The van der Waals surface area contributed by atoms with Crippen molar-refractivity contribution in [3.05, 3.63) is 52.5 Å². The number of nitrogens with one attached hydrogen (secondary N) is 1. The van der Waals surface area contributed by atoms with Crippen LogP contribution in [-0.2, 0) is 0 Å². The number of benzene rings is 2. The molecule has 4 rings (SSSR count). The lowest BCUT2D eigenvalue weighted by atomic mass is 10.1. The lowest BCUT2D eigenvalue weighted by Crippen LogP contribution is -2.17. The number of unbranched alkanes of at least 4 members (excludes halogenated alkanes) is 3. The monoisotopic (exact) mass is 486 g/mol. The number of nitrogens with zero attached hydrogens (tertiary/aromatic N) is 3. The van der Waals surface area contributed by atoms with Gasteiger partial charge in [-0.2, -0.15) is 4.98 Å². The highest BCUT2D eigenvalue weighted by atomic mass is 79.9. The van der Waals surface area contributed by atoms with Gasteiger partial charge >= 0.3 is 0 Å². The van der Waals surface area contributed by atoms with E-state index in [4.69, 9.17) is 4.74 Å². The van der Waals surface area contributed by atoms with Crippen LogP contribution in [0.5, 0.6) is 11.6 Å². The molecule has 3 aromatic rings. The zero-order chi connectivity index (χ0) is 20.9. The summed E-state index contributed by atoms with van der Waals surface area (Å²) in [5, 5.41) is 22.7. The van der Waals surface area contributed by atoms with Crippen LogP contribution in [0.15, 0.2) is 52.1 Å². The maximum Gasteiger partial charge on any atom is 0.247 e. The van der Waals surface area contributed by atoms with Gasteiger partial charge in [0.15, 0.2) is 11.9 Å². The fourth-order valence-electron chi connectivity index (χ4n) is 3.26. The van der Waals surface area contributed by atoms with Crippen molar-refractivity contribution in [3.8, 4) is 22.9 Å². The van der Waals surface area contributed by atoms with Crippen molar-refractivity contribution in [2.75, 3.05) is 11.1 Å². The van der Waals surface area contributed by atoms with E-state index in [-0.39, 0.29) is 5.75 Å². The molecule has 2 N–H and O–H groups in total. The third-order valence-electron chi connectivity index (χ3n) is 4.79. The van der Waals surface area contributed by atoms with Crippen molar-refractivity contribution in [1.82, 2.24) is 15.2 Å². The van der Waals surface area contributed by atoms with E-state index >= 15 is 0 Å². The van der Waals surface area contributed by atoms with Crippen LogP contribution in [0.25, 0.3) is 11.3 Å². The van der Waals surface area contributed by atoms with Crippen LogP contribution in [0.2, 0.25) is 0 Å². The molecule has 0 fully saturated rings. The van der Waals surface area contributed by atoms with Crippen LogP contribution in [0.3, 0.4) is 0 Å². The van der Waals surface area contributed by atoms with Crippen molar-refractivity contribution in [2.45, 2.75) is 44.0 Å². The molecule has 1 unspecified atom stereocenters. The third-order valence-corrected chi connectivity index (χ3v) is 6.21. The van der Waals surface area contributed by atoms with E-state index in [1.54, 1.807) is 30.0 Å². The summed E-state index contributed by atoms with van der Waals surface area (Å²) in [4.78, 5) is 4.67. The number of anilines is 1. The van der Waals surface area contributed by atoms with Crippen LogP contribution >= 0.6 is 27.7 Å². The second-order valence-electron chi connectivity index (χ2n) is 7.08. The zero-order valence-corrected chi connectivity index (χ0v) is 19.0. The van der Waals surface area contributed by atoms with E-state index in [1.807, 2.05) is 24.3 Å². The van der Waals surface area contributed by atoms with Gasteiger partial charge in [-0.3, -0.25) is 0 Å². The molecule has 1 aromatic heterocycles. The molecule has 0 aliphatic carbocycles. The van der Waals surface area contributed by atoms with Crippen molar-refractivity contribution in [1.29, 1.82) is 0 Å². The summed E-state index contributed by atoms with van der Waals surface area (Å²) in [6.07, 6.45) is 4.29. The molecule has 1 aliphatic heterocycles. The first kappa shape index (κ1) is 20.9. The van der Waals surface area contributed by atoms with E-state index in [0.29, 0.717) is 16.7 Å². The predicted molar refractivity (Wildman–Crippen MR) is 123 cm³/mol. The Morgan fingerprint density at radius 3 is 2.87 bits per heavy atom. The molecule has 6 nitrogen and oxygen atoms in total. The summed E-state index contributed by atoms with van der Waals surface area (Å²) in [5.41, 5.74) is 3.11. The molecule has 2 heterocycles. The molecule has 0 saturated carbocycles. The van der Waals surface area contributed by atoms with Gasteiger partial charge in [0.1, 0.15) is 5.75 Å². The molecule has 8 heteroatoms. The second kappa shape index (κ2) is 9.66. The molecular weight excluding hydrogens is 464 g/mol. The third kappa shape index (κ3) is 4.87. The molecule has 0 radical (unpaired) electrons. The fraction of sp³-hybridized carbons (Fsp3) is 0.318. The Labute approximate surface area is 188 Å². The molecule has 1 aliphatic rings. The average molecular weight is 487 g/mol. The van der Waals surface area contributed by atoms with Crippen LogP contribution in [0.1, 0.15) is 44.4 Å². The highest BCUT2D eigenvalue weighted by molar-refractivity contribution is 9.10. The minimum atomic E-state index is -0.516. The molecule has 30 heavy (non-hydrogen) atoms. The van der Waals surface area contributed by atoms with Crippen LogP contribution in [0.4, 0.5) is 5.69 Å². The maximum absolute atomic E-state index is 9.91. The number of phenols is 1. The van der Waals surface area contributed by atoms with Crippen molar-refractivity contribution >= 4 is 33.4 Å². The molecule has 0 amide bonds. The van der Waals surface area contributed by atoms with Gasteiger partial charge in [-0.05, 0) is 36.8 Å². The van der Waals surface area contributed by atoms with Crippen LogP contribution in [0, 0.1) is 0 Å². The van der Waals surface area contributed by atoms with Gasteiger partial charge in [-0.25, -0.2) is 0 Å². The molecule has 156 valence electrons. The van der Waals surface area contributed by atoms with Crippen LogP contribution in [-0.4, -0.2) is 26.0 Å². The highest BCUT2D eigenvalue weighted by Crippen LogP contribution is 2.41. The lowest BCUT2D eigenvalue weighted by Gasteiger charge is -2.19. The quantitative estimate of drug-likeness (QED) is 0.304. The van der Waals surface area contributed by atoms with Crippen molar-refractivity contribution < 1.29 is 9.84 Å². The summed E-state index contributed by atoms with van der Waals surface area (Å²) >= 11 is 5.13. The first-order chi connectivity index (χ1) is 14.6. The van der Waals surface area contributed by atoms with Gasteiger partial charge in [-0.1, -0.05) is 66.0 Å². The zero-order valence-electron chi connectivity index (χ0n) is 16.6. The Kier molecular flexibility index (Phi) is 6.74. The number of rotatable bonds is 7. The summed E-state index contributed by atoms with van der Waals surface area (Å²) < 4.78 is 7.17. The number of hydrogen-bond acceptors (Lipinski definition) is 7. The van der Waals surface area contributed by atoms with Gasteiger partial charge in [0.25, 0.3) is 0 Å². The standard InChI is InChI=1S/C22H23BrN4O2S/c1-2-3-4-5-11-30-22-25-21-19(26-27-22)17-13-15(23)9-10-18(17)24-20(29-21)14-7-6-8-16(28)12-14/h6-10,12-13,20,24,28H,2-5,11H2,1H3. The van der Waals surface area contributed by atoms with E-state index in [1.165, 1.54) is 19.3 Å². The van der Waals surface area contributed by atoms with Gasteiger partial charge in [-0.15, -0.1) is 10.2 Å². The van der Waals surface area contributed by atoms with E-state index < -0.39 is 6.23 Å². The molecule has 0 bridgehead atoms. The van der Waals surface area contributed by atoms with E-state index in [0.717, 1.165) is 33.5 Å². The number of aromatic hydroxyl groups is 1. The maximum atomic E-state index is 9.91. The predicted octanol–water partition coefficient (Wildman–Crippen LogP) is 6.18. The Bertz CT molecular complexity index is 1030. The Balaban J connectivity index is 1.66. The van der Waals surface area contributed by atoms with Gasteiger partial charge in [0, 0.05) is 27.0 Å². The number of fused-ring (bicyclic) bond motifs is 3. The largest absolute Gasteiger partial charge is 0.508 e. The number of hydrogen-bond donors (Lipinski definition) is 2. The lowest BCUT2D eigenvalue weighted by molar-refractivity contribution is 0.225. The smallest absolute Gasteiger partial charge is 0.247 e. The topological polar surface area (TPSA) is 80.2 Å². The normalized spacial score (nSPS) is 14.8. The first-order valence-corrected chi connectivity index (χ1v) is 11.8. The Morgan fingerprint density at radius 2 is 2.03 bits per heavy atom. The van der Waals surface area contributed by atoms with Gasteiger partial charge in [0.05, 0.1) is 0 Å². The average Bonchev–Trinajstić information content (AvgIpc) is 2.90. The second-order valence-corrected chi connectivity index (χ2v) is 9.06. The SMILES string of the molecule is CCCCCCSc1nnc2c(n1)OC(c1cccc(O)c1)Nc1ccc(Br)cc1-2. The highest BCUT2D eigenvalue weighted by Gasteiger charge is 2.26. The summed E-state index contributed by atoms with van der Waals surface area (Å²) in [6, 6.07) is 12.9. The number of aromatic nitrogens is 3.